The standard InChI is InChI=1S/C18H21N5O5S3/c1-3-23-16-8-7-14(31(20,27)28)10-15(16)22-18(23)29-11(2)17(24)21-12-5-4-6-13(9-12)30(19,25)26/h4-11H,3H2,1-2H3,(H,21,24)(H2,19,25,26)(H2,20,27,28)/t11-/m0/s1. The largest absolute Gasteiger partial charge is 0.325 e. The molecule has 31 heavy (non-hydrogen) atoms. The van der Waals surface area contributed by atoms with Gasteiger partial charge >= 0.3 is 0 Å². The van der Waals surface area contributed by atoms with Crippen LogP contribution in [0.25, 0.3) is 11.0 Å². The summed E-state index contributed by atoms with van der Waals surface area (Å²) in [5, 5.41) is 12.9. The SMILES string of the molecule is CCn1c(S[C@@H](C)C(=O)Nc2cccc(S(N)(=O)=O)c2)nc2cc(S(N)(=O)=O)ccc21. The molecule has 13 heteroatoms. The van der Waals surface area contributed by atoms with E-state index >= 15 is 0 Å². The lowest BCUT2D eigenvalue weighted by Crippen LogP contribution is -2.23. The van der Waals surface area contributed by atoms with Crippen LogP contribution in [0.4, 0.5) is 5.69 Å². The predicted octanol–water partition coefficient (Wildman–Crippen LogP) is 1.47. The van der Waals surface area contributed by atoms with Crippen LogP contribution in [0.3, 0.4) is 0 Å². The van der Waals surface area contributed by atoms with E-state index in [2.05, 4.69) is 10.3 Å². The third-order valence-electron chi connectivity index (χ3n) is 4.41. The fraction of sp³-hybridized carbons (Fsp3) is 0.222. The molecule has 1 atom stereocenters. The van der Waals surface area contributed by atoms with Gasteiger partial charge in [-0.15, -0.1) is 0 Å². The number of fused-ring (bicyclic) bond motifs is 1. The Kier molecular flexibility index (Phi) is 6.43. The summed E-state index contributed by atoms with van der Waals surface area (Å²) < 4.78 is 48.1. The van der Waals surface area contributed by atoms with Crippen molar-refractivity contribution in [2.75, 3.05) is 5.32 Å². The maximum atomic E-state index is 12.6. The van der Waals surface area contributed by atoms with E-state index < -0.39 is 25.3 Å². The molecule has 0 aliphatic carbocycles. The molecular formula is C18H21N5O5S3. The average Bonchev–Trinajstić information content (AvgIpc) is 3.02. The topological polar surface area (TPSA) is 167 Å². The molecule has 2 aromatic carbocycles. The number of imidazole rings is 1. The molecule has 0 unspecified atom stereocenters. The summed E-state index contributed by atoms with van der Waals surface area (Å²) in [6.45, 7) is 4.14. The van der Waals surface area contributed by atoms with E-state index in [0.717, 1.165) is 0 Å². The molecule has 3 rings (SSSR count). The van der Waals surface area contributed by atoms with Crippen LogP contribution in [0.15, 0.2) is 57.4 Å². The van der Waals surface area contributed by atoms with Crippen LogP contribution in [0.2, 0.25) is 0 Å². The summed E-state index contributed by atoms with van der Waals surface area (Å²) in [5.41, 5.74) is 1.46. The molecule has 0 aliphatic rings. The zero-order valence-electron chi connectivity index (χ0n) is 16.6. The number of primary sulfonamides is 2. The molecule has 1 amide bonds. The van der Waals surface area contributed by atoms with E-state index in [1.54, 1.807) is 19.1 Å². The normalized spacial score (nSPS) is 13.3. The summed E-state index contributed by atoms with van der Waals surface area (Å²) in [6, 6.07) is 10.1. The number of carbonyl (C=O) groups is 1. The Morgan fingerprint density at radius 2 is 1.74 bits per heavy atom. The Balaban J connectivity index is 1.84. The summed E-state index contributed by atoms with van der Waals surface area (Å²) in [5.74, 6) is -0.364. The van der Waals surface area contributed by atoms with Gasteiger partial charge < -0.3 is 9.88 Å². The molecule has 0 saturated heterocycles. The third kappa shape index (κ3) is 5.25. The van der Waals surface area contributed by atoms with Gasteiger partial charge in [0.15, 0.2) is 5.16 Å². The van der Waals surface area contributed by atoms with Gasteiger partial charge in [0, 0.05) is 12.2 Å². The fourth-order valence-corrected chi connectivity index (χ4v) is 4.95. The minimum absolute atomic E-state index is 0.0437. The molecule has 0 saturated carbocycles. The number of rotatable bonds is 7. The Labute approximate surface area is 184 Å². The number of anilines is 1. The van der Waals surface area contributed by atoms with Crippen molar-refractivity contribution >= 4 is 54.4 Å². The lowest BCUT2D eigenvalue weighted by Gasteiger charge is -2.13. The van der Waals surface area contributed by atoms with Crippen molar-refractivity contribution < 1.29 is 21.6 Å². The molecule has 1 heterocycles. The van der Waals surface area contributed by atoms with E-state index in [9.17, 15) is 21.6 Å². The zero-order valence-corrected chi connectivity index (χ0v) is 19.1. The van der Waals surface area contributed by atoms with Gasteiger partial charge in [0.05, 0.1) is 26.1 Å². The minimum atomic E-state index is -3.89. The fourth-order valence-electron chi connectivity index (χ4n) is 2.87. The van der Waals surface area contributed by atoms with Crippen molar-refractivity contribution in [2.45, 2.75) is 40.6 Å². The molecule has 3 aromatic rings. The summed E-state index contributed by atoms with van der Waals surface area (Å²) in [6.07, 6.45) is 0. The highest BCUT2D eigenvalue weighted by molar-refractivity contribution is 8.00. The maximum absolute atomic E-state index is 12.6. The molecule has 0 aliphatic heterocycles. The highest BCUT2D eigenvalue weighted by atomic mass is 32.2. The smallest absolute Gasteiger partial charge is 0.238 e. The Bertz CT molecular complexity index is 1370. The molecule has 0 radical (unpaired) electrons. The summed E-state index contributed by atoms with van der Waals surface area (Å²) in [7, 11) is -7.75. The minimum Gasteiger partial charge on any atom is -0.325 e. The van der Waals surface area contributed by atoms with Crippen LogP contribution in [0.1, 0.15) is 13.8 Å². The van der Waals surface area contributed by atoms with Gasteiger partial charge in [-0.05, 0) is 50.2 Å². The second-order valence-electron chi connectivity index (χ2n) is 6.66. The van der Waals surface area contributed by atoms with Crippen molar-refractivity contribution in [3.05, 3.63) is 42.5 Å². The van der Waals surface area contributed by atoms with Crippen LogP contribution >= 0.6 is 11.8 Å². The van der Waals surface area contributed by atoms with Crippen molar-refractivity contribution in [2.24, 2.45) is 10.3 Å². The molecule has 0 bridgehead atoms. The number of carbonyl (C=O) groups excluding carboxylic acids is 1. The number of aryl methyl sites for hydroxylation is 1. The molecule has 1 aromatic heterocycles. The molecule has 0 fully saturated rings. The first kappa shape index (κ1) is 23.2. The average molecular weight is 484 g/mol. The van der Waals surface area contributed by atoms with Crippen LogP contribution < -0.4 is 15.6 Å². The van der Waals surface area contributed by atoms with Gasteiger partial charge in [0.1, 0.15) is 0 Å². The monoisotopic (exact) mass is 483 g/mol. The van der Waals surface area contributed by atoms with Gasteiger partial charge in [0.25, 0.3) is 0 Å². The second kappa shape index (κ2) is 8.59. The number of amides is 1. The Hall–Kier alpha value is -2.45. The molecule has 5 N–H and O–H groups in total. The van der Waals surface area contributed by atoms with Gasteiger partial charge in [-0.25, -0.2) is 32.1 Å². The van der Waals surface area contributed by atoms with Crippen LogP contribution in [-0.2, 0) is 31.4 Å². The van der Waals surface area contributed by atoms with Crippen LogP contribution in [0, 0.1) is 0 Å². The molecular weight excluding hydrogens is 462 g/mol. The van der Waals surface area contributed by atoms with Gasteiger partial charge in [-0.1, -0.05) is 17.8 Å². The number of nitrogens with two attached hydrogens (primary N) is 2. The number of nitrogens with zero attached hydrogens (tertiary/aromatic N) is 2. The van der Waals surface area contributed by atoms with E-state index in [0.29, 0.717) is 28.4 Å². The van der Waals surface area contributed by atoms with Crippen molar-refractivity contribution in [3.63, 3.8) is 0 Å². The molecule has 10 nitrogen and oxygen atoms in total. The van der Waals surface area contributed by atoms with Crippen molar-refractivity contribution in [1.82, 2.24) is 9.55 Å². The number of hydrogen-bond acceptors (Lipinski definition) is 7. The summed E-state index contributed by atoms with van der Waals surface area (Å²) in [4.78, 5) is 16.9. The first-order valence-corrected chi connectivity index (χ1v) is 13.0. The number of aromatic nitrogens is 2. The van der Waals surface area contributed by atoms with E-state index in [4.69, 9.17) is 10.3 Å². The van der Waals surface area contributed by atoms with Crippen molar-refractivity contribution in [1.29, 1.82) is 0 Å². The van der Waals surface area contributed by atoms with Crippen LogP contribution in [-0.4, -0.2) is 37.5 Å². The van der Waals surface area contributed by atoms with Gasteiger partial charge in [-0.3, -0.25) is 4.79 Å². The first-order chi connectivity index (χ1) is 14.4. The number of benzene rings is 2. The van der Waals surface area contributed by atoms with E-state index in [1.807, 2.05) is 11.5 Å². The highest BCUT2D eigenvalue weighted by Crippen LogP contribution is 2.29. The van der Waals surface area contributed by atoms with E-state index in [-0.39, 0.29) is 15.7 Å². The number of thioether (sulfide) groups is 1. The molecule has 166 valence electrons. The number of sulfonamides is 2. The second-order valence-corrected chi connectivity index (χ2v) is 11.1. The predicted molar refractivity (Wildman–Crippen MR) is 119 cm³/mol. The van der Waals surface area contributed by atoms with Gasteiger partial charge in [-0.2, -0.15) is 0 Å². The third-order valence-corrected chi connectivity index (χ3v) is 7.32. The van der Waals surface area contributed by atoms with E-state index in [1.165, 1.54) is 42.1 Å². The molecule has 0 spiro atoms. The van der Waals surface area contributed by atoms with Crippen molar-refractivity contribution in [3.8, 4) is 0 Å². The highest BCUT2D eigenvalue weighted by Gasteiger charge is 2.21. The van der Waals surface area contributed by atoms with Gasteiger partial charge in [0.2, 0.25) is 26.0 Å². The number of nitrogens with one attached hydrogen (secondary N) is 1. The quantitative estimate of drug-likeness (QED) is 0.428. The first-order valence-electron chi connectivity index (χ1n) is 9.03. The Morgan fingerprint density at radius 1 is 1.10 bits per heavy atom. The Morgan fingerprint density at radius 3 is 2.35 bits per heavy atom. The zero-order chi connectivity index (χ0) is 23.0. The maximum Gasteiger partial charge on any atom is 0.238 e. The van der Waals surface area contributed by atoms with Crippen LogP contribution in [0.5, 0.6) is 0 Å². The lowest BCUT2D eigenvalue weighted by molar-refractivity contribution is -0.115. The lowest BCUT2D eigenvalue weighted by atomic mass is 10.3. The number of hydrogen-bond donors (Lipinski definition) is 3. The summed E-state index contributed by atoms with van der Waals surface area (Å²) >= 11 is 1.19.